The number of allylic oxidation sites excluding steroid dienone is 1. The highest BCUT2D eigenvalue weighted by Gasteiger charge is 2.19. The Morgan fingerprint density at radius 3 is 1.50 bits per heavy atom. The van der Waals surface area contributed by atoms with Gasteiger partial charge in [-0.25, -0.2) is 0 Å². The minimum atomic E-state index is -0.112. The van der Waals surface area contributed by atoms with Crippen molar-refractivity contribution in [3.05, 3.63) is 12.0 Å². The predicted octanol–water partition coefficient (Wildman–Crippen LogP) is 1.99. The molecule has 130 valence electrons. The Labute approximate surface area is 133 Å². The van der Waals surface area contributed by atoms with Gasteiger partial charge in [-0.1, -0.05) is 20.8 Å². The van der Waals surface area contributed by atoms with Crippen molar-refractivity contribution in [3.8, 4) is 0 Å². The monoisotopic (exact) mass is 318 g/mol. The molecule has 0 saturated carbocycles. The summed E-state index contributed by atoms with van der Waals surface area (Å²) in [6.45, 7) is 11.6. The van der Waals surface area contributed by atoms with Gasteiger partial charge in [-0.05, 0) is 0 Å². The average Bonchev–Trinajstić information content (AvgIpc) is 2.46. The molecule has 0 aromatic heterocycles. The van der Waals surface area contributed by atoms with Crippen molar-refractivity contribution in [1.82, 2.24) is 0 Å². The summed E-state index contributed by atoms with van der Waals surface area (Å²) in [5.74, 6) is 0.803. The van der Waals surface area contributed by atoms with E-state index in [0.717, 1.165) is 5.76 Å². The van der Waals surface area contributed by atoms with Gasteiger partial charge >= 0.3 is 0 Å². The van der Waals surface area contributed by atoms with Gasteiger partial charge in [0.2, 0.25) is 0 Å². The minimum Gasteiger partial charge on any atom is -0.495 e. The molecule has 0 bridgehead atoms. The summed E-state index contributed by atoms with van der Waals surface area (Å²) in [5, 5.41) is 0. The Kier molecular flexibility index (Phi) is 10.2. The van der Waals surface area contributed by atoms with Crippen molar-refractivity contribution in [2.24, 2.45) is 5.41 Å². The summed E-state index contributed by atoms with van der Waals surface area (Å²) in [5.41, 5.74) is -0.112. The molecule has 1 rings (SSSR count). The van der Waals surface area contributed by atoms with Crippen molar-refractivity contribution in [1.29, 1.82) is 0 Å². The van der Waals surface area contributed by atoms with Gasteiger partial charge < -0.3 is 28.4 Å². The second-order valence-corrected chi connectivity index (χ2v) is 5.90. The third-order valence-electron chi connectivity index (χ3n) is 2.88. The maximum Gasteiger partial charge on any atom is 0.136 e. The fraction of sp³-hybridized carbons (Fsp3) is 0.875. The smallest absolute Gasteiger partial charge is 0.136 e. The van der Waals surface area contributed by atoms with E-state index in [-0.39, 0.29) is 5.41 Å². The molecule has 22 heavy (non-hydrogen) atoms. The van der Waals surface area contributed by atoms with Gasteiger partial charge in [0.25, 0.3) is 0 Å². The average molecular weight is 318 g/mol. The molecule has 0 spiro atoms. The van der Waals surface area contributed by atoms with Crippen molar-refractivity contribution in [2.75, 3.05) is 66.1 Å². The molecule has 0 aliphatic carbocycles. The number of rotatable bonds is 0. The molecular formula is C16H30O6. The fourth-order valence-electron chi connectivity index (χ4n) is 1.64. The molecule has 6 nitrogen and oxygen atoms in total. The van der Waals surface area contributed by atoms with Crippen LogP contribution in [0.25, 0.3) is 0 Å². The molecular weight excluding hydrogens is 288 g/mol. The van der Waals surface area contributed by atoms with E-state index < -0.39 is 0 Å². The zero-order chi connectivity index (χ0) is 16.1. The van der Waals surface area contributed by atoms with Crippen molar-refractivity contribution < 1.29 is 28.4 Å². The van der Waals surface area contributed by atoms with E-state index in [1.54, 1.807) is 6.26 Å². The molecule has 1 aliphatic heterocycles. The summed E-state index contributed by atoms with van der Waals surface area (Å²) in [7, 11) is 0. The third kappa shape index (κ3) is 10.00. The molecule has 0 aromatic rings. The topological polar surface area (TPSA) is 55.4 Å². The van der Waals surface area contributed by atoms with Gasteiger partial charge in [-0.15, -0.1) is 0 Å². The van der Waals surface area contributed by atoms with E-state index in [2.05, 4.69) is 20.8 Å². The van der Waals surface area contributed by atoms with Crippen LogP contribution in [0, 0.1) is 5.41 Å². The molecule has 1 aliphatic rings. The number of hydrogen-bond donors (Lipinski definition) is 0. The first-order chi connectivity index (χ1) is 10.6. The Morgan fingerprint density at radius 2 is 1.05 bits per heavy atom. The lowest BCUT2D eigenvalue weighted by Gasteiger charge is -2.23. The highest BCUT2D eigenvalue weighted by atomic mass is 16.6. The first kappa shape index (κ1) is 19.2. The SMILES string of the molecule is CC(C)(C)/C1=C\OCCOCCOCCOCCOCCO1. The summed E-state index contributed by atoms with van der Waals surface area (Å²) in [6.07, 6.45) is 1.67. The summed E-state index contributed by atoms with van der Waals surface area (Å²) in [6, 6.07) is 0. The third-order valence-corrected chi connectivity index (χ3v) is 2.88. The molecule has 0 aromatic carbocycles. The van der Waals surface area contributed by atoms with Crippen LogP contribution in [-0.4, -0.2) is 66.1 Å². The lowest BCUT2D eigenvalue weighted by Crippen LogP contribution is -2.18. The summed E-state index contributed by atoms with van der Waals surface area (Å²) >= 11 is 0. The van der Waals surface area contributed by atoms with Crippen LogP contribution < -0.4 is 0 Å². The van der Waals surface area contributed by atoms with Gasteiger partial charge in [-0.3, -0.25) is 0 Å². The van der Waals surface area contributed by atoms with E-state index in [0.29, 0.717) is 66.1 Å². The Hall–Kier alpha value is -0.820. The molecule has 0 unspecified atom stereocenters. The van der Waals surface area contributed by atoms with Gasteiger partial charge in [0.15, 0.2) is 0 Å². The molecule has 0 saturated heterocycles. The quantitative estimate of drug-likeness (QED) is 0.681. The lowest BCUT2D eigenvalue weighted by molar-refractivity contribution is -0.0159. The van der Waals surface area contributed by atoms with Crippen LogP contribution in [0.4, 0.5) is 0 Å². The van der Waals surface area contributed by atoms with Crippen LogP contribution in [0.15, 0.2) is 12.0 Å². The molecule has 0 radical (unpaired) electrons. The Morgan fingerprint density at radius 1 is 0.636 bits per heavy atom. The zero-order valence-electron chi connectivity index (χ0n) is 14.1. The van der Waals surface area contributed by atoms with Crippen LogP contribution >= 0.6 is 0 Å². The highest BCUT2D eigenvalue weighted by Crippen LogP contribution is 2.26. The second-order valence-electron chi connectivity index (χ2n) is 5.90. The maximum absolute atomic E-state index is 5.76. The summed E-state index contributed by atoms with van der Waals surface area (Å²) < 4.78 is 32.9. The van der Waals surface area contributed by atoms with Crippen LogP contribution in [0.2, 0.25) is 0 Å². The molecule has 0 atom stereocenters. The lowest BCUT2D eigenvalue weighted by atomic mass is 9.94. The second kappa shape index (κ2) is 11.7. The van der Waals surface area contributed by atoms with Crippen molar-refractivity contribution in [3.63, 3.8) is 0 Å². The molecule has 0 amide bonds. The van der Waals surface area contributed by atoms with E-state index >= 15 is 0 Å². The fourth-order valence-corrected chi connectivity index (χ4v) is 1.64. The van der Waals surface area contributed by atoms with Gasteiger partial charge in [-0.2, -0.15) is 0 Å². The molecule has 0 N–H and O–H groups in total. The predicted molar refractivity (Wildman–Crippen MR) is 82.7 cm³/mol. The highest BCUT2D eigenvalue weighted by molar-refractivity contribution is 4.99. The molecule has 6 heteroatoms. The van der Waals surface area contributed by atoms with E-state index in [9.17, 15) is 0 Å². The van der Waals surface area contributed by atoms with E-state index in [1.807, 2.05) is 0 Å². The van der Waals surface area contributed by atoms with Crippen molar-refractivity contribution >= 4 is 0 Å². The summed E-state index contributed by atoms with van der Waals surface area (Å²) in [4.78, 5) is 0. The maximum atomic E-state index is 5.76. The van der Waals surface area contributed by atoms with E-state index in [1.165, 1.54) is 0 Å². The minimum absolute atomic E-state index is 0.112. The van der Waals surface area contributed by atoms with Gasteiger partial charge in [0.1, 0.15) is 25.2 Å². The van der Waals surface area contributed by atoms with Gasteiger partial charge in [0, 0.05) is 5.41 Å². The normalized spacial score (nSPS) is 24.0. The largest absolute Gasteiger partial charge is 0.495 e. The zero-order valence-corrected chi connectivity index (χ0v) is 14.1. The first-order valence-corrected chi connectivity index (χ1v) is 7.87. The van der Waals surface area contributed by atoms with Crippen LogP contribution in [0.5, 0.6) is 0 Å². The molecule has 1 heterocycles. The number of ether oxygens (including phenoxy) is 6. The standard InChI is InChI=1S/C16H30O6/c1-16(2,3)15-14-21-11-10-19-7-6-17-4-5-18-8-9-20-12-13-22-15/h14H,4-13H2,1-3H3/b15-14+. The Bertz CT molecular complexity index is 298. The van der Waals surface area contributed by atoms with E-state index in [4.69, 9.17) is 28.4 Å². The number of hydrogen-bond acceptors (Lipinski definition) is 6. The van der Waals surface area contributed by atoms with Crippen LogP contribution in [-0.2, 0) is 28.4 Å². The molecule has 0 fully saturated rings. The van der Waals surface area contributed by atoms with Crippen LogP contribution in [0.1, 0.15) is 20.8 Å². The first-order valence-electron chi connectivity index (χ1n) is 7.87. The van der Waals surface area contributed by atoms with Gasteiger partial charge in [0.05, 0.1) is 52.9 Å². The Balaban J connectivity index is 2.39. The van der Waals surface area contributed by atoms with Crippen LogP contribution in [0.3, 0.4) is 0 Å². The van der Waals surface area contributed by atoms with Crippen molar-refractivity contribution in [2.45, 2.75) is 20.8 Å².